The molecule has 0 aliphatic carbocycles. The van der Waals surface area contributed by atoms with Gasteiger partial charge < -0.3 is 14.5 Å². The van der Waals surface area contributed by atoms with Crippen molar-refractivity contribution >= 4 is 6.03 Å². The van der Waals surface area contributed by atoms with Gasteiger partial charge in [-0.1, -0.05) is 30.3 Å². The number of urea groups is 1. The van der Waals surface area contributed by atoms with Gasteiger partial charge in [-0.3, -0.25) is 4.90 Å². The molecule has 3 aliphatic rings. The van der Waals surface area contributed by atoms with Gasteiger partial charge in [-0.05, 0) is 44.3 Å². The third kappa shape index (κ3) is 3.27. The number of hydrogen-bond acceptors (Lipinski definition) is 3. The standard InChI is InChI=1S/C20H29N3O2/c24-19(22-14-16-25-17-15-22)21-12-8-20(9-13-21,23-10-4-5-11-23)18-6-2-1-3-7-18/h1-3,6-7H,4-5,8-17H2. The topological polar surface area (TPSA) is 36.0 Å². The number of rotatable bonds is 2. The van der Waals surface area contributed by atoms with Crippen LogP contribution in [-0.4, -0.2) is 73.2 Å². The van der Waals surface area contributed by atoms with Crippen LogP contribution < -0.4 is 0 Å². The lowest BCUT2D eigenvalue weighted by Gasteiger charge is -2.48. The summed E-state index contributed by atoms with van der Waals surface area (Å²) in [6.07, 6.45) is 4.66. The van der Waals surface area contributed by atoms with Gasteiger partial charge in [-0.2, -0.15) is 0 Å². The number of amides is 2. The number of likely N-dealkylation sites (tertiary alicyclic amines) is 2. The summed E-state index contributed by atoms with van der Waals surface area (Å²) in [6, 6.07) is 11.1. The second-order valence-electron chi connectivity index (χ2n) is 7.46. The quantitative estimate of drug-likeness (QED) is 0.828. The van der Waals surface area contributed by atoms with Crippen molar-refractivity contribution in [2.75, 3.05) is 52.5 Å². The van der Waals surface area contributed by atoms with E-state index >= 15 is 0 Å². The summed E-state index contributed by atoms with van der Waals surface area (Å²) < 4.78 is 5.38. The van der Waals surface area contributed by atoms with Gasteiger partial charge in [-0.25, -0.2) is 4.79 Å². The van der Waals surface area contributed by atoms with E-state index in [1.807, 2.05) is 4.90 Å². The normalized spacial score (nSPS) is 24.5. The lowest BCUT2D eigenvalue weighted by Crippen LogP contribution is -2.56. The Morgan fingerprint density at radius 3 is 2.08 bits per heavy atom. The van der Waals surface area contributed by atoms with Crippen molar-refractivity contribution < 1.29 is 9.53 Å². The van der Waals surface area contributed by atoms with Gasteiger partial charge >= 0.3 is 6.03 Å². The van der Waals surface area contributed by atoms with E-state index in [1.54, 1.807) is 0 Å². The van der Waals surface area contributed by atoms with Crippen LogP contribution in [0.5, 0.6) is 0 Å². The molecular formula is C20H29N3O2. The smallest absolute Gasteiger partial charge is 0.320 e. The van der Waals surface area contributed by atoms with Gasteiger partial charge in [0.05, 0.1) is 13.2 Å². The minimum Gasteiger partial charge on any atom is -0.378 e. The van der Waals surface area contributed by atoms with Crippen LogP contribution in [0.1, 0.15) is 31.2 Å². The summed E-state index contributed by atoms with van der Waals surface area (Å²) in [5.41, 5.74) is 1.54. The lowest BCUT2D eigenvalue weighted by molar-refractivity contribution is 0.0197. The van der Waals surface area contributed by atoms with Crippen molar-refractivity contribution in [1.29, 1.82) is 0 Å². The minimum atomic E-state index is 0.111. The van der Waals surface area contributed by atoms with Crippen LogP contribution >= 0.6 is 0 Å². The van der Waals surface area contributed by atoms with E-state index in [2.05, 4.69) is 40.1 Å². The molecule has 0 unspecified atom stereocenters. The van der Waals surface area contributed by atoms with E-state index in [4.69, 9.17) is 4.74 Å². The zero-order valence-electron chi connectivity index (χ0n) is 15.0. The Labute approximate surface area is 150 Å². The fourth-order valence-electron chi connectivity index (χ4n) is 4.70. The van der Waals surface area contributed by atoms with Crippen molar-refractivity contribution in [1.82, 2.24) is 14.7 Å². The van der Waals surface area contributed by atoms with Crippen molar-refractivity contribution in [3.05, 3.63) is 35.9 Å². The molecule has 4 rings (SSSR count). The Bertz CT molecular complexity index is 572. The molecule has 1 aromatic rings. The van der Waals surface area contributed by atoms with Gasteiger partial charge in [0, 0.05) is 31.7 Å². The number of morpholine rings is 1. The molecule has 0 bridgehead atoms. The number of benzene rings is 1. The molecule has 0 N–H and O–H groups in total. The summed E-state index contributed by atoms with van der Waals surface area (Å²) in [5.74, 6) is 0. The van der Waals surface area contributed by atoms with Crippen molar-refractivity contribution in [3.63, 3.8) is 0 Å². The summed E-state index contributed by atoms with van der Waals surface area (Å²) in [7, 11) is 0. The number of piperidine rings is 1. The molecule has 0 spiro atoms. The Morgan fingerprint density at radius 2 is 1.44 bits per heavy atom. The van der Waals surface area contributed by atoms with E-state index in [0.717, 1.165) is 39.0 Å². The predicted octanol–water partition coefficient (Wildman–Crippen LogP) is 2.53. The SMILES string of the molecule is O=C(N1CCOCC1)N1CCC(c2ccccc2)(N2CCCC2)CC1. The predicted molar refractivity (Wildman–Crippen MR) is 97.5 cm³/mol. The third-order valence-electron chi connectivity index (χ3n) is 6.17. The maximum absolute atomic E-state index is 12.8. The van der Waals surface area contributed by atoms with Crippen molar-refractivity contribution in [2.45, 2.75) is 31.2 Å². The summed E-state index contributed by atoms with van der Waals surface area (Å²) in [6.45, 7) is 6.86. The number of hydrogen-bond donors (Lipinski definition) is 0. The highest BCUT2D eigenvalue weighted by Crippen LogP contribution is 2.41. The summed E-state index contributed by atoms with van der Waals surface area (Å²) in [5, 5.41) is 0. The molecule has 0 saturated carbocycles. The second-order valence-corrected chi connectivity index (χ2v) is 7.46. The van der Waals surface area contributed by atoms with Gasteiger partial charge in [0.15, 0.2) is 0 Å². The maximum atomic E-state index is 12.8. The number of nitrogens with zero attached hydrogens (tertiary/aromatic N) is 3. The second kappa shape index (κ2) is 7.34. The number of carbonyl (C=O) groups excluding carboxylic acids is 1. The first kappa shape index (κ1) is 16.9. The Balaban J connectivity index is 1.49. The first-order valence-electron chi connectivity index (χ1n) is 9.72. The molecule has 136 valence electrons. The van der Waals surface area contributed by atoms with E-state index in [0.29, 0.717) is 13.2 Å². The fraction of sp³-hybridized carbons (Fsp3) is 0.650. The van der Waals surface area contributed by atoms with Gasteiger partial charge in [-0.15, -0.1) is 0 Å². The fourth-order valence-corrected chi connectivity index (χ4v) is 4.70. The molecule has 3 saturated heterocycles. The Hall–Kier alpha value is -1.59. The van der Waals surface area contributed by atoms with Gasteiger partial charge in [0.25, 0.3) is 0 Å². The van der Waals surface area contributed by atoms with Crippen LogP contribution in [-0.2, 0) is 10.3 Å². The van der Waals surface area contributed by atoms with Crippen LogP contribution in [0.25, 0.3) is 0 Å². The highest BCUT2D eigenvalue weighted by atomic mass is 16.5. The molecule has 1 aromatic carbocycles. The molecule has 3 aliphatic heterocycles. The van der Waals surface area contributed by atoms with Gasteiger partial charge in [0.1, 0.15) is 0 Å². The Kier molecular flexibility index (Phi) is 4.95. The molecule has 3 fully saturated rings. The molecule has 5 heteroatoms. The molecule has 25 heavy (non-hydrogen) atoms. The van der Waals surface area contributed by atoms with Crippen LogP contribution in [0.2, 0.25) is 0 Å². The van der Waals surface area contributed by atoms with Crippen LogP contribution in [0.3, 0.4) is 0 Å². The minimum absolute atomic E-state index is 0.111. The van der Waals surface area contributed by atoms with Crippen LogP contribution in [0, 0.1) is 0 Å². The first-order chi connectivity index (χ1) is 12.3. The zero-order chi connectivity index (χ0) is 17.1. The summed E-state index contributed by atoms with van der Waals surface area (Å²) >= 11 is 0. The number of ether oxygens (including phenoxy) is 1. The van der Waals surface area contributed by atoms with E-state index in [-0.39, 0.29) is 11.6 Å². The van der Waals surface area contributed by atoms with Crippen molar-refractivity contribution in [2.24, 2.45) is 0 Å². The molecule has 0 atom stereocenters. The Morgan fingerprint density at radius 1 is 0.840 bits per heavy atom. The first-order valence-corrected chi connectivity index (χ1v) is 9.72. The van der Waals surface area contributed by atoms with Crippen LogP contribution in [0.4, 0.5) is 4.79 Å². The molecule has 2 amide bonds. The molecule has 5 nitrogen and oxygen atoms in total. The molecular weight excluding hydrogens is 314 g/mol. The maximum Gasteiger partial charge on any atom is 0.320 e. The van der Waals surface area contributed by atoms with Crippen molar-refractivity contribution in [3.8, 4) is 0 Å². The molecule has 0 radical (unpaired) electrons. The third-order valence-corrected chi connectivity index (χ3v) is 6.17. The number of carbonyl (C=O) groups is 1. The monoisotopic (exact) mass is 343 g/mol. The largest absolute Gasteiger partial charge is 0.378 e. The highest BCUT2D eigenvalue weighted by Gasteiger charge is 2.43. The zero-order valence-corrected chi connectivity index (χ0v) is 15.0. The lowest BCUT2D eigenvalue weighted by atomic mass is 9.79. The van der Waals surface area contributed by atoms with E-state index < -0.39 is 0 Å². The van der Waals surface area contributed by atoms with E-state index in [1.165, 1.54) is 31.5 Å². The summed E-state index contributed by atoms with van der Waals surface area (Å²) in [4.78, 5) is 19.5. The van der Waals surface area contributed by atoms with Gasteiger partial charge in [0.2, 0.25) is 0 Å². The van der Waals surface area contributed by atoms with E-state index in [9.17, 15) is 4.79 Å². The molecule has 3 heterocycles. The average Bonchev–Trinajstić information content (AvgIpc) is 3.24. The molecule has 0 aromatic heterocycles. The highest BCUT2D eigenvalue weighted by molar-refractivity contribution is 5.74. The van der Waals surface area contributed by atoms with Crippen LogP contribution in [0.15, 0.2) is 30.3 Å². The average molecular weight is 343 g/mol.